The van der Waals surface area contributed by atoms with Crippen molar-refractivity contribution in [2.24, 2.45) is 5.92 Å². The van der Waals surface area contributed by atoms with Crippen molar-refractivity contribution in [3.8, 4) is 5.75 Å². The summed E-state index contributed by atoms with van der Waals surface area (Å²) in [5.41, 5.74) is -0.475. The number of hydrogen-bond donors (Lipinski definition) is 2. The fourth-order valence-electron chi connectivity index (χ4n) is 3.19. The first-order valence-electron chi connectivity index (χ1n) is 9.48. The van der Waals surface area contributed by atoms with Gasteiger partial charge < -0.3 is 14.6 Å². The topological polar surface area (TPSA) is 56.3 Å². The zero-order chi connectivity index (χ0) is 21.8. The van der Waals surface area contributed by atoms with Crippen molar-refractivity contribution in [3.05, 3.63) is 40.9 Å². The lowest BCUT2D eigenvalue weighted by Crippen LogP contribution is -2.45. The lowest BCUT2D eigenvalue weighted by molar-refractivity contribution is -0.137. The molecule has 2 rings (SSSR count). The molecule has 29 heavy (non-hydrogen) atoms. The summed E-state index contributed by atoms with van der Waals surface area (Å²) in [5.74, 6) is 0.144. The predicted molar refractivity (Wildman–Crippen MR) is 112 cm³/mol. The third-order valence-electron chi connectivity index (χ3n) is 4.74. The Bertz CT molecular complexity index is 704. The van der Waals surface area contributed by atoms with Gasteiger partial charge >= 0.3 is 6.18 Å². The average molecular weight is 453 g/mol. The Morgan fingerprint density at radius 1 is 1.34 bits per heavy atom. The average Bonchev–Trinajstić information content (AvgIpc) is 2.63. The Morgan fingerprint density at radius 3 is 2.48 bits per heavy atom. The fourth-order valence-corrected chi connectivity index (χ4v) is 4.37. The molecule has 164 valence electrons. The molecule has 2 N–H and O–H groups in total. The molecule has 0 radical (unpaired) electrons. The molecule has 1 aromatic rings. The molecular formula is C20H28ClF3N2O2S. The van der Waals surface area contributed by atoms with E-state index in [0.29, 0.717) is 5.56 Å². The van der Waals surface area contributed by atoms with E-state index in [-0.39, 0.29) is 18.3 Å². The monoisotopic (exact) mass is 452 g/mol. The van der Waals surface area contributed by atoms with Crippen LogP contribution in [0.3, 0.4) is 0 Å². The van der Waals surface area contributed by atoms with Gasteiger partial charge in [-0.05, 0) is 64.8 Å². The molecule has 0 amide bonds. The van der Waals surface area contributed by atoms with Crippen molar-refractivity contribution < 1.29 is 22.5 Å². The van der Waals surface area contributed by atoms with E-state index < -0.39 is 38.9 Å². The molecule has 1 aromatic carbocycles. The maximum atomic E-state index is 13.4. The number of halogens is 4. The summed E-state index contributed by atoms with van der Waals surface area (Å²) in [6.07, 6.45) is -1.56. The molecule has 0 aromatic heterocycles. The van der Waals surface area contributed by atoms with E-state index in [1.165, 1.54) is 12.1 Å². The van der Waals surface area contributed by atoms with Crippen molar-refractivity contribution in [2.75, 3.05) is 19.7 Å². The van der Waals surface area contributed by atoms with E-state index in [0.717, 1.165) is 32.0 Å². The molecule has 1 saturated heterocycles. The highest BCUT2D eigenvalue weighted by molar-refractivity contribution is 7.90. The highest BCUT2D eigenvalue weighted by Gasteiger charge is 2.39. The van der Waals surface area contributed by atoms with Crippen LogP contribution in [0, 0.1) is 5.92 Å². The summed E-state index contributed by atoms with van der Waals surface area (Å²) in [6, 6.07) is 1.76. The number of piperidine rings is 1. The van der Waals surface area contributed by atoms with Crippen LogP contribution in [-0.2, 0) is 17.5 Å². The molecule has 0 aliphatic carbocycles. The molecule has 0 saturated carbocycles. The van der Waals surface area contributed by atoms with Crippen LogP contribution in [0.2, 0.25) is 5.02 Å². The minimum Gasteiger partial charge on any atom is -0.598 e. The first-order chi connectivity index (χ1) is 13.4. The summed E-state index contributed by atoms with van der Waals surface area (Å²) < 4.78 is 61.1. The molecule has 1 aliphatic heterocycles. The summed E-state index contributed by atoms with van der Waals surface area (Å²) >= 11 is 4.59. The van der Waals surface area contributed by atoms with Gasteiger partial charge in [0.05, 0.1) is 16.6 Å². The van der Waals surface area contributed by atoms with Crippen molar-refractivity contribution in [1.82, 2.24) is 10.0 Å². The Hall–Kier alpha value is -0.930. The van der Waals surface area contributed by atoms with Crippen LogP contribution in [0.1, 0.15) is 50.8 Å². The highest BCUT2D eigenvalue weighted by Crippen LogP contribution is 2.43. The van der Waals surface area contributed by atoms with E-state index in [1.807, 2.05) is 20.8 Å². The van der Waals surface area contributed by atoms with Gasteiger partial charge in [-0.15, -0.1) is 4.72 Å². The SMILES string of the molecule is C=CCOc1cc(C(F)(F)F)c(Cl)cc1C(N[S@@+]([O-])C(C)(C)C)C1CCNCC1. The van der Waals surface area contributed by atoms with Crippen LogP contribution in [0.5, 0.6) is 5.75 Å². The number of alkyl halides is 3. The second-order valence-electron chi connectivity index (χ2n) is 8.03. The maximum Gasteiger partial charge on any atom is 0.417 e. The number of hydrogen-bond acceptors (Lipinski definition) is 4. The quantitative estimate of drug-likeness (QED) is 0.450. The predicted octanol–water partition coefficient (Wildman–Crippen LogP) is 5.02. The van der Waals surface area contributed by atoms with E-state index in [9.17, 15) is 17.7 Å². The van der Waals surface area contributed by atoms with Gasteiger partial charge in [-0.25, -0.2) is 0 Å². The standard InChI is InChI=1S/C20H28ClF3N2O2S/c1-5-10-28-17-12-15(20(22,23)24)16(21)11-14(17)18(13-6-8-25-9-7-13)26-29(27)19(2,3)4/h5,11-13,18,25-26H,1,6-10H2,2-4H3/t18?,29-/m0/s1. The van der Waals surface area contributed by atoms with Crippen molar-refractivity contribution >= 4 is 23.0 Å². The molecule has 1 fully saturated rings. The fraction of sp³-hybridized carbons (Fsp3) is 0.600. The summed E-state index contributed by atoms with van der Waals surface area (Å²) in [6.45, 7) is 10.7. The van der Waals surface area contributed by atoms with Crippen LogP contribution in [0.15, 0.2) is 24.8 Å². The maximum absolute atomic E-state index is 13.4. The third kappa shape index (κ3) is 6.52. The van der Waals surface area contributed by atoms with Crippen LogP contribution in [0.25, 0.3) is 0 Å². The summed E-state index contributed by atoms with van der Waals surface area (Å²) in [7, 11) is 0. The molecule has 4 nitrogen and oxygen atoms in total. The largest absolute Gasteiger partial charge is 0.598 e. The summed E-state index contributed by atoms with van der Waals surface area (Å²) in [4.78, 5) is 0. The molecule has 1 aliphatic rings. The van der Waals surface area contributed by atoms with Gasteiger partial charge in [-0.3, -0.25) is 0 Å². The molecule has 0 bridgehead atoms. The minimum absolute atomic E-state index is 0.0488. The van der Waals surface area contributed by atoms with Crippen LogP contribution in [-0.4, -0.2) is 29.0 Å². The number of nitrogens with one attached hydrogen (secondary N) is 2. The van der Waals surface area contributed by atoms with Gasteiger partial charge in [0, 0.05) is 16.9 Å². The lowest BCUT2D eigenvalue weighted by Gasteiger charge is -2.35. The Kier molecular flexibility index (Phi) is 8.32. The van der Waals surface area contributed by atoms with Gasteiger partial charge in [-0.1, -0.05) is 24.3 Å². The van der Waals surface area contributed by atoms with Crippen molar-refractivity contribution in [3.63, 3.8) is 0 Å². The van der Waals surface area contributed by atoms with E-state index in [2.05, 4.69) is 16.6 Å². The van der Waals surface area contributed by atoms with Gasteiger partial charge in [0.1, 0.15) is 17.1 Å². The lowest BCUT2D eigenvalue weighted by atomic mass is 9.86. The number of benzene rings is 1. The first-order valence-corrected chi connectivity index (χ1v) is 11.0. The van der Waals surface area contributed by atoms with Crippen LogP contribution >= 0.6 is 11.6 Å². The van der Waals surface area contributed by atoms with Gasteiger partial charge in [0.25, 0.3) is 0 Å². The third-order valence-corrected chi connectivity index (χ3v) is 6.64. The van der Waals surface area contributed by atoms with E-state index in [1.54, 1.807) is 0 Å². The van der Waals surface area contributed by atoms with Gasteiger partial charge in [0.15, 0.2) is 0 Å². The van der Waals surface area contributed by atoms with Gasteiger partial charge in [-0.2, -0.15) is 13.2 Å². The zero-order valence-electron chi connectivity index (χ0n) is 16.9. The zero-order valence-corrected chi connectivity index (χ0v) is 18.4. The van der Waals surface area contributed by atoms with Crippen LogP contribution < -0.4 is 14.8 Å². The Labute approximate surface area is 178 Å². The highest BCUT2D eigenvalue weighted by atomic mass is 35.5. The van der Waals surface area contributed by atoms with Gasteiger partial charge in [0.2, 0.25) is 0 Å². The molecular weight excluding hydrogens is 425 g/mol. The second-order valence-corrected chi connectivity index (χ2v) is 10.4. The molecule has 2 atom stereocenters. The number of rotatable bonds is 7. The minimum atomic E-state index is -4.60. The first kappa shape index (κ1) is 24.3. The Morgan fingerprint density at radius 2 is 1.97 bits per heavy atom. The molecule has 0 spiro atoms. The smallest absolute Gasteiger partial charge is 0.417 e. The normalized spacial score (nSPS) is 18.3. The second kappa shape index (κ2) is 9.92. The Balaban J connectivity index is 2.53. The van der Waals surface area contributed by atoms with Crippen molar-refractivity contribution in [1.29, 1.82) is 0 Å². The van der Waals surface area contributed by atoms with Crippen molar-refractivity contribution in [2.45, 2.75) is 50.6 Å². The van der Waals surface area contributed by atoms with Crippen LogP contribution in [0.4, 0.5) is 13.2 Å². The molecule has 1 heterocycles. The summed E-state index contributed by atoms with van der Waals surface area (Å²) in [5, 5.41) is 2.87. The molecule has 9 heteroatoms. The van der Waals surface area contributed by atoms with E-state index in [4.69, 9.17) is 16.3 Å². The van der Waals surface area contributed by atoms with E-state index >= 15 is 0 Å². The molecule has 1 unspecified atom stereocenters. The number of ether oxygens (including phenoxy) is 1.